The molecule has 6 aliphatic rings. The van der Waals surface area contributed by atoms with E-state index < -0.39 is 0 Å². The summed E-state index contributed by atoms with van der Waals surface area (Å²) in [5.74, 6) is 1.92. The van der Waals surface area contributed by atoms with E-state index in [4.69, 9.17) is 58.3 Å². The molecule has 2 nitrogen and oxygen atoms in total. The molecule has 2 aromatic heterocycles. The summed E-state index contributed by atoms with van der Waals surface area (Å²) in [6, 6.07) is 25.8. The molecule has 2 aliphatic heterocycles. The van der Waals surface area contributed by atoms with Crippen LogP contribution in [0.5, 0.6) is 11.5 Å². The molecule has 0 radical (unpaired) electrons. The molecule has 0 bridgehead atoms. The molecule has 0 amide bonds. The van der Waals surface area contributed by atoms with Crippen LogP contribution in [-0.2, 0) is 11.2 Å². The first-order chi connectivity index (χ1) is 26.3. The molecule has 4 heterocycles. The highest BCUT2D eigenvalue weighted by Gasteiger charge is 2.47. The summed E-state index contributed by atoms with van der Waals surface area (Å²) in [6.45, 7) is 0. The van der Waals surface area contributed by atoms with E-state index in [1.165, 1.54) is 43.5 Å². The first kappa shape index (κ1) is 33.8. The van der Waals surface area contributed by atoms with Gasteiger partial charge in [0.05, 0.1) is 19.5 Å². The van der Waals surface area contributed by atoms with Gasteiger partial charge in [-0.2, -0.15) is 0 Å². The normalized spacial score (nSPS) is 19.8. The third kappa shape index (κ3) is 4.96. The second kappa shape index (κ2) is 12.5. The minimum Gasteiger partial charge on any atom is -0.482 e. The SMILES string of the molecule is S=C1C(=Cc2cc3c(s2)-c2cc4c(cc2OC32CCCCC2)-c2sc(C=C3C(=S)c5ccccc5C3=S)cc2C2(CCCCC2)O4)C(=S)c2ccccc21. The van der Waals surface area contributed by atoms with E-state index in [-0.39, 0.29) is 11.2 Å². The average Bonchev–Trinajstić information content (AvgIpc) is 3.95. The lowest BCUT2D eigenvalue weighted by molar-refractivity contribution is 0.0203. The van der Waals surface area contributed by atoms with Gasteiger partial charge in [-0.15, -0.1) is 22.7 Å². The molecule has 266 valence electrons. The maximum absolute atomic E-state index is 7.30. The Morgan fingerprint density at radius 1 is 0.463 bits per heavy atom. The molecule has 0 unspecified atom stereocenters. The van der Waals surface area contributed by atoms with E-state index in [2.05, 4.69) is 60.7 Å². The van der Waals surface area contributed by atoms with Gasteiger partial charge >= 0.3 is 0 Å². The van der Waals surface area contributed by atoms with Crippen molar-refractivity contribution in [2.75, 3.05) is 0 Å². The van der Waals surface area contributed by atoms with E-state index >= 15 is 0 Å². The van der Waals surface area contributed by atoms with Gasteiger partial charge in [-0.1, -0.05) is 110 Å². The van der Waals surface area contributed by atoms with Crippen molar-refractivity contribution >= 4 is 103 Å². The van der Waals surface area contributed by atoms with Gasteiger partial charge in [0.15, 0.2) is 0 Å². The second-order valence-corrected chi connectivity index (χ2v) is 19.3. The highest BCUT2D eigenvalue weighted by atomic mass is 32.1. The Balaban J connectivity index is 1.05. The Kier molecular flexibility index (Phi) is 7.83. The van der Waals surface area contributed by atoms with E-state index in [1.807, 2.05) is 46.9 Å². The Bertz CT molecular complexity index is 2350. The van der Waals surface area contributed by atoms with Crippen molar-refractivity contribution in [2.45, 2.75) is 75.4 Å². The maximum Gasteiger partial charge on any atom is 0.135 e. The Hall–Kier alpha value is -3.50. The van der Waals surface area contributed by atoms with Crippen LogP contribution in [0.1, 0.15) is 107 Å². The summed E-state index contributed by atoms with van der Waals surface area (Å²) in [7, 11) is 0. The zero-order valence-corrected chi connectivity index (χ0v) is 34.3. The van der Waals surface area contributed by atoms with Crippen LogP contribution in [0, 0.1) is 0 Å². The summed E-state index contributed by atoms with van der Waals surface area (Å²) in [5.41, 5.74) is 10.4. The fraction of sp³-hybridized carbons (Fsp3) is 0.261. The fourth-order valence-electron chi connectivity index (χ4n) is 9.73. The van der Waals surface area contributed by atoms with Crippen molar-refractivity contribution in [3.05, 3.63) is 127 Å². The van der Waals surface area contributed by atoms with Gasteiger partial charge in [-0.05, 0) is 87.8 Å². The van der Waals surface area contributed by atoms with E-state index in [9.17, 15) is 0 Å². The van der Waals surface area contributed by atoms with Gasteiger partial charge in [0.2, 0.25) is 0 Å². The lowest BCUT2D eigenvalue weighted by Gasteiger charge is -2.44. The molecule has 4 aliphatic carbocycles. The molecule has 2 saturated carbocycles. The maximum atomic E-state index is 7.30. The molecule has 2 spiro atoms. The Morgan fingerprint density at radius 2 is 0.815 bits per heavy atom. The number of fused-ring (bicyclic) bond motifs is 10. The van der Waals surface area contributed by atoms with Crippen molar-refractivity contribution in [3.63, 3.8) is 0 Å². The number of hydrogen-bond donors (Lipinski definition) is 0. The summed E-state index contributed by atoms with van der Waals surface area (Å²) < 4.78 is 14.6. The average molecular weight is 811 g/mol. The first-order valence-electron chi connectivity index (χ1n) is 19.0. The molecule has 3 aromatic carbocycles. The number of thiocarbonyl (C=S) groups is 4. The Morgan fingerprint density at radius 3 is 1.17 bits per heavy atom. The third-order valence-electron chi connectivity index (χ3n) is 12.4. The fourth-order valence-corrected chi connectivity index (χ4v) is 13.6. The van der Waals surface area contributed by atoms with E-state index in [0.29, 0.717) is 0 Å². The van der Waals surface area contributed by atoms with Gasteiger partial charge in [0, 0.05) is 75.2 Å². The van der Waals surface area contributed by atoms with Crippen LogP contribution in [0.4, 0.5) is 0 Å². The third-order valence-corrected chi connectivity index (χ3v) is 16.4. The predicted octanol–water partition coefficient (Wildman–Crippen LogP) is 13.3. The van der Waals surface area contributed by atoms with Gasteiger partial charge in [0.25, 0.3) is 0 Å². The van der Waals surface area contributed by atoms with E-state index in [0.717, 1.165) is 127 Å². The summed E-state index contributed by atoms with van der Waals surface area (Å²) in [5, 5.41) is 0. The van der Waals surface area contributed by atoms with Crippen molar-refractivity contribution in [2.24, 2.45) is 0 Å². The molecule has 0 N–H and O–H groups in total. The summed E-state index contributed by atoms with van der Waals surface area (Å²) >= 11 is 27.6. The molecule has 8 heteroatoms. The van der Waals surface area contributed by atoms with Crippen LogP contribution in [0.15, 0.2) is 83.9 Å². The number of rotatable bonds is 2. The molecular formula is C46H34O2S6. The minimum atomic E-state index is -0.349. The highest BCUT2D eigenvalue weighted by molar-refractivity contribution is 7.84. The van der Waals surface area contributed by atoms with Crippen LogP contribution in [0.2, 0.25) is 0 Å². The molecule has 2 fully saturated rings. The molecule has 0 saturated heterocycles. The smallest absolute Gasteiger partial charge is 0.135 e. The number of benzene rings is 3. The van der Waals surface area contributed by atoms with Crippen molar-refractivity contribution in [3.8, 4) is 32.4 Å². The summed E-state index contributed by atoms with van der Waals surface area (Å²) in [4.78, 5) is 8.27. The van der Waals surface area contributed by atoms with Crippen LogP contribution in [-0.4, -0.2) is 19.5 Å². The number of allylic oxidation sites excluding steroid dienone is 2. The number of thiophene rings is 2. The lowest BCUT2D eigenvalue weighted by atomic mass is 9.76. The first-order valence-corrected chi connectivity index (χ1v) is 22.2. The zero-order valence-electron chi connectivity index (χ0n) is 29.4. The molecular weight excluding hydrogens is 777 g/mol. The van der Waals surface area contributed by atoms with Gasteiger partial charge in [-0.25, -0.2) is 0 Å². The van der Waals surface area contributed by atoms with Gasteiger partial charge in [0.1, 0.15) is 22.7 Å². The minimum absolute atomic E-state index is 0.349. The quantitative estimate of drug-likeness (QED) is 0.130. The van der Waals surface area contributed by atoms with Crippen molar-refractivity contribution in [1.29, 1.82) is 0 Å². The molecule has 11 rings (SSSR count). The number of ether oxygens (including phenoxy) is 2. The molecule has 0 atom stereocenters. The van der Waals surface area contributed by atoms with Crippen molar-refractivity contribution < 1.29 is 9.47 Å². The topological polar surface area (TPSA) is 18.5 Å². The zero-order chi connectivity index (χ0) is 36.3. The lowest BCUT2D eigenvalue weighted by Crippen LogP contribution is -2.38. The van der Waals surface area contributed by atoms with Crippen molar-refractivity contribution in [1.82, 2.24) is 0 Å². The Labute approximate surface area is 344 Å². The van der Waals surface area contributed by atoms with E-state index in [1.54, 1.807) is 0 Å². The highest BCUT2D eigenvalue weighted by Crippen LogP contribution is 2.60. The van der Waals surface area contributed by atoms with Crippen LogP contribution < -0.4 is 9.47 Å². The van der Waals surface area contributed by atoms with Gasteiger partial charge < -0.3 is 9.47 Å². The molecule has 54 heavy (non-hydrogen) atoms. The van der Waals surface area contributed by atoms with Crippen LogP contribution >= 0.6 is 71.5 Å². The van der Waals surface area contributed by atoms with Crippen LogP contribution in [0.3, 0.4) is 0 Å². The van der Waals surface area contributed by atoms with Gasteiger partial charge in [-0.3, -0.25) is 0 Å². The predicted molar refractivity (Wildman–Crippen MR) is 239 cm³/mol. The second-order valence-electron chi connectivity index (χ2n) is 15.5. The molecule has 5 aromatic rings. The largest absolute Gasteiger partial charge is 0.482 e. The standard InChI is InChI=1S/C46H34O2S6/c49-39-27-11-3-4-12-28(27)40(50)33(39)19-25-21-35-43(53-25)31-24-38-32(23-37(31)47-45(35)15-7-1-8-16-45)44-36(46(48-38)17-9-2-10-18-46)22-26(54-44)20-34-41(51)29-13-5-6-14-30(29)42(34)52/h3-6,11-14,19-24H,1-2,7-10,15-18H2. The number of hydrogen-bond acceptors (Lipinski definition) is 8. The van der Waals surface area contributed by atoms with Crippen LogP contribution in [0.25, 0.3) is 33.0 Å². The summed E-state index contributed by atoms with van der Waals surface area (Å²) in [6.07, 6.45) is 15.6. The monoisotopic (exact) mass is 810 g/mol.